The second kappa shape index (κ2) is 7.12. The zero-order valence-corrected chi connectivity index (χ0v) is 13.9. The topological polar surface area (TPSA) is 61.8 Å². The minimum atomic E-state index is 0.0634. The summed E-state index contributed by atoms with van der Waals surface area (Å²) in [4.78, 5) is 27.5. The van der Waals surface area contributed by atoms with E-state index in [2.05, 4.69) is 14.8 Å². The highest BCUT2D eigenvalue weighted by Gasteiger charge is 2.24. The van der Waals surface area contributed by atoms with Gasteiger partial charge in [0.15, 0.2) is 0 Å². The minimum absolute atomic E-state index is 0.0634. The molecule has 0 radical (unpaired) electrons. The molecule has 0 aliphatic carbocycles. The predicted octanol–water partition coefficient (Wildman–Crippen LogP) is 0.618. The number of carbonyl (C=O) groups is 1. The molecule has 2 fully saturated rings. The third-order valence-corrected chi connectivity index (χ3v) is 4.33. The molecule has 0 saturated carbocycles. The molecule has 0 spiro atoms. The van der Waals surface area contributed by atoms with Crippen LogP contribution in [0.5, 0.6) is 0 Å². The van der Waals surface area contributed by atoms with E-state index < -0.39 is 0 Å². The van der Waals surface area contributed by atoms with Gasteiger partial charge in [-0.25, -0.2) is 4.98 Å². The highest BCUT2D eigenvalue weighted by atomic mass is 16.5. The average molecular weight is 319 g/mol. The first-order valence-corrected chi connectivity index (χ1v) is 8.34. The van der Waals surface area contributed by atoms with Crippen LogP contribution in [0.4, 0.5) is 11.8 Å². The Labute approximate surface area is 137 Å². The molecule has 2 saturated heterocycles. The van der Waals surface area contributed by atoms with Gasteiger partial charge in [0.25, 0.3) is 0 Å². The zero-order valence-electron chi connectivity index (χ0n) is 13.9. The van der Waals surface area contributed by atoms with Gasteiger partial charge in [0.1, 0.15) is 5.82 Å². The summed E-state index contributed by atoms with van der Waals surface area (Å²) < 4.78 is 5.38. The summed E-state index contributed by atoms with van der Waals surface area (Å²) in [6.45, 7) is 10.2. The quantitative estimate of drug-likeness (QED) is 0.814. The molecule has 23 heavy (non-hydrogen) atoms. The van der Waals surface area contributed by atoms with Gasteiger partial charge in [-0.15, -0.1) is 0 Å². The molecule has 1 aromatic heterocycles. The molecule has 3 heterocycles. The maximum Gasteiger partial charge on any atom is 0.227 e. The van der Waals surface area contributed by atoms with E-state index in [4.69, 9.17) is 9.72 Å². The molecule has 2 aliphatic rings. The zero-order chi connectivity index (χ0) is 16.2. The Hall–Kier alpha value is -1.89. The second-order valence-corrected chi connectivity index (χ2v) is 6.28. The fraction of sp³-hybridized carbons (Fsp3) is 0.688. The van der Waals surface area contributed by atoms with Crippen LogP contribution < -0.4 is 9.80 Å². The summed E-state index contributed by atoms with van der Waals surface area (Å²) in [6.07, 6.45) is 1.82. The molecule has 7 heteroatoms. The molecule has 7 nitrogen and oxygen atoms in total. The lowest BCUT2D eigenvalue weighted by atomic mass is 10.1. The number of amides is 1. The number of rotatable bonds is 3. The van der Waals surface area contributed by atoms with E-state index in [1.165, 1.54) is 0 Å². The lowest BCUT2D eigenvalue weighted by Crippen LogP contribution is -2.50. The first-order valence-electron chi connectivity index (χ1n) is 8.34. The number of morpholine rings is 1. The Morgan fingerprint density at radius 2 is 1.78 bits per heavy atom. The summed E-state index contributed by atoms with van der Waals surface area (Å²) in [5, 5.41) is 0. The van der Waals surface area contributed by atoms with E-state index in [9.17, 15) is 4.79 Å². The summed E-state index contributed by atoms with van der Waals surface area (Å²) in [5.41, 5.74) is 0. The third kappa shape index (κ3) is 3.72. The molecule has 0 aromatic carbocycles. The van der Waals surface area contributed by atoms with E-state index in [1.54, 1.807) is 0 Å². The van der Waals surface area contributed by atoms with Gasteiger partial charge in [-0.1, -0.05) is 13.8 Å². The number of hydrogen-bond donors (Lipinski definition) is 0. The van der Waals surface area contributed by atoms with Crippen LogP contribution >= 0.6 is 0 Å². The Bertz CT molecular complexity index is 537. The van der Waals surface area contributed by atoms with E-state index in [-0.39, 0.29) is 11.8 Å². The van der Waals surface area contributed by atoms with Crippen molar-refractivity contribution in [2.45, 2.75) is 13.8 Å². The predicted molar refractivity (Wildman–Crippen MR) is 88.7 cm³/mol. The largest absolute Gasteiger partial charge is 0.378 e. The van der Waals surface area contributed by atoms with E-state index in [1.807, 2.05) is 31.0 Å². The van der Waals surface area contributed by atoms with Crippen molar-refractivity contribution in [3.05, 3.63) is 12.3 Å². The van der Waals surface area contributed by atoms with Gasteiger partial charge >= 0.3 is 0 Å². The van der Waals surface area contributed by atoms with E-state index in [0.717, 1.165) is 64.2 Å². The van der Waals surface area contributed by atoms with Crippen LogP contribution in [-0.2, 0) is 9.53 Å². The normalized spacial score (nSPS) is 19.3. The molecule has 0 N–H and O–H groups in total. The minimum Gasteiger partial charge on any atom is -0.378 e. The van der Waals surface area contributed by atoms with Gasteiger partial charge in [0, 0.05) is 51.4 Å². The lowest BCUT2D eigenvalue weighted by molar-refractivity contribution is -0.134. The maximum atomic E-state index is 12.1. The van der Waals surface area contributed by atoms with Crippen molar-refractivity contribution in [2.75, 3.05) is 62.3 Å². The maximum absolute atomic E-state index is 12.1. The number of anilines is 2. The molecular formula is C16H25N5O2. The van der Waals surface area contributed by atoms with Crippen LogP contribution in [0.1, 0.15) is 13.8 Å². The van der Waals surface area contributed by atoms with Gasteiger partial charge in [0.2, 0.25) is 11.9 Å². The van der Waals surface area contributed by atoms with Crippen molar-refractivity contribution >= 4 is 17.7 Å². The molecule has 0 bridgehead atoms. The third-order valence-electron chi connectivity index (χ3n) is 4.33. The summed E-state index contributed by atoms with van der Waals surface area (Å²) >= 11 is 0. The lowest BCUT2D eigenvalue weighted by Gasteiger charge is -2.36. The van der Waals surface area contributed by atoms with E-state index in [0.29, 0.717) is 0 Å². The van der Waals surface area contributed by atoms with E-state index >= 15 is 0 Å². The SMILES string of the molecule is CC(C)C(=O)N1CCN(c2ccnc(N3CCOCC3)n2)CC1. The second-order valence-electron chi connectivity index (χ2n) is 6.28. The van der Waals surface area contributed by atoms with Crippen LogP contribution in [-0.4, -0.2) is 73.3 Å². The molecule has 1 amide bonds. The van der Waals surface area contributed by atoms with Crippen LogP contribution in [0.2, 0.25) is 0 Å². The monoisotopic (exact) mass is 319 g/mol. The highest BCUT2D eigenvalue weighted by Crippen LogP contribution is 2.18. The Morgan fingerprint density at radius 3 is 2.43 bits per heavy atom. The number of ether oxygens (including phenoxy) is 1. The number of carbonyl (C=O) groups excluding carboxylic acids is 1. The van der Waals surface area contributed by atoms with Gasteiger partial charge in [-0.05, 0) is 6.07 Å². The summed E-state index contributed by atoms with van der Waals surface area (Å²) in [5.74, 6) is 2.01. The number of aromatic nitrogens is 2. The van der Waals surface area contributed by atoms with Crippen LogP contribution in [0, 0.1) is 5.92 Å². The molecule has 0 unspecified atom stereocenters. The number of nitrogens with zero attached hydrogens (tertiary/aromatic N) is 5. The fourth-order valence-electron chi connectivity index (χ4n) is 2.95. The number of hydrogen-bond acceptors (Lipinski definition) is 6. The van der Waals surface area contributed by atoms with Crippen molar-refractivity contribution in [2.24, 2.45) is 5.92 Å². The Balaban J connectivity index is 1.63. The smallest absolute Gasteiger partial charge is 0.227 e. The van der Waals surface area contributed by atoms with Crippen LogP contribution in [0.15, 0.2) is 12.3 Å². The van der Waals surface area contributed by atoms with Crippen molar-refractivity contribution in [3.8, 4) is 0 Å². The van der Waals surface area contributed by atoms with Crippen molar-refractivity contribution < 1.29 is 9.53 Å². The van der Waals surface area contributed by atoms with Gasteiger partial charge in [-0.2, -0.15) is 4.98 Å². The summed E-state index contributed by atoms with van der Waals surface area (Å²) in [7, 11) is 0. The average Bonchev–Trinajstić information content (AvgIpc) is 2.62. The van der Waals surface area contributed by atoms with Crippen molar-refractivity contribution in [3.63, 3.8) is 0 Å². The van der Waals surface area contributed by atoms with Gasteiger partial charge < -0.3 is 19.4 Å². The first kappa shape index (κ1) is 16.0. The van der Waals surface area contributed by atoms with Gasteiger partial charge in [-0.3, -0.25) is 4.79 Å². The molecule has 126 valence electrons. The Morgan fingerprint density at radius 1 is 1.09 bits per heavy atom. The molecular weight excluding hydrogens is 294 g/mol. The summed E-state index contributed by atoms with van der Waals surface area (Å²) in [6, 6.07) is 1.95. The Kier molecular flexibility index (Phi) is 4.95. The molecule has 3 rings (SSSR count). The van der Waals surface area contributed by atoms with Crippen molar-refractivity contribution in [1.29, 1.82) is 0 Å². The van der Waals surface area contributed by atoms with Crippen LogP contribution in [0.3, 0.4) is 0 Å². The van der Waals surface area contributed by atoms with Crippen LogP contribution in [0.25, 0.3) is 0 Å². The standard InChI is InChI=1S/C16H25N5O2/c1-13(2)15(22)20-7-5-19(6-8-20)14-3-4-17-16(18-14)21-9-11-23-12-10-21/h3-4,13H,5-12H2,1-2H3. The molecule has 1 aromatic rings. The van der Waals surface area contributed by atoms with Crippen molar-refractivity contribution in [1.82, 2.24) is 14.9 Å². The molecule has 2 aliphatic heterocycles. The first-order chi connectivity index (χ1) is 11.1. The fourth-order valence-corrected chi connectivity index (χ4v) is 2.95. The number of piperazine rings is 1. The van der Waals surface area contributed by atoms with Gasteiger partial charge in [0.05, 0.1) is 13.2 Å². The molecule has 0 atom stereocenters. The highest BCUT2D eigenvalue weighted by molar-refractivity contribution is 5.78.